The molecule has 6 nitrogen and oxygen atoms in total. The number of amides is 1. The molecule has 1 rings (SSSR count). The van der Waals surface area contributed by atoms with Gasteiger partial charge >= 0.3 is 0 Å². The van der Waals surface area contributed by atoms with Gasteiger partial charge in [0.1, 0.15) is 6.54 Å². The van der Waals surface area contributed by atoms with Crippen LogP contribution in [0.15, 0.2) is 0 Å². The predicted octanol–water partition coefficient (Wildman–Crippen LogP) is 0.359. The van der Waals surface area contributed by atoms with Gasteiger partial charge in [-0.3, -0.25) is 9.48 Å². The fourth-order valence-corrected chi connectivity index (χ4v) is 1.81. The maximum Gasteiger partial charge on any atom is 0.241 e. The van der Waals surface area contributed by atoms with Gasteiger partial charge in [0.15, 0.2) is 0 Å². The number of nitrogen functional groups attached to an aromatic ring is 1. The normalized spacial score (nSPS) is 12.4. The molecule has 102 valence electrons. The van der Waals surface area contributed by atoms with E-state index in [1.165, 1.54) is 0 Å². The van der Waals surface area contributed by atoms with Gasteiger partial charge in [-0.1, -0.05) is 6.92 Å². The molecule has 1 heterocycles. The van der Waals surface area contributed by atoms with Gasteiger partial charge in [0.2, 0.25) is 5.91 Å². The minimum Gasteiger partial charge on any atom is -0.396 e. The van der Waals surface area contributed by atoms with Crippen molar-refractivity contribution in [3.63, 3.8) is 0 Å². The van der Waals surface area contributed by atoms with E-state index in [2.05, 4.69) is 10.4 Å². The summed E-state index contributed by atoms with van der Waals surface area (Å²) in [4.78, 5) is 11.8. The number of rotatable bonds is 6. The highest BCUT2D eigenvalue weighted by Gasteiger charge is 2.14. The molecule has 1 atom stereocenters. The lowest BCUT2D eigenvalue weighted by molar-refractivity contribution is -0.122. The summed E-state index contributed by atoms with van der Waals surface area (Å²) >= 11 is 0. The molecule has 0 aliphatic carbocycles. The van der Waals surface area contributed by atoms with Crippen molar-refractivity contribution in [2.24, 2.45) is 0 Å². The summed E-state index contributed by atoms with van der Waals surface area (Å²) in [5.74, 6) is -0.110. The Hall–Kier alpha value is -1.56. The molecule has 0 saturated carbocycles. The SMILES string of the molecule is CCC(CCO)NC(=O)Cn1nc(C)c(N)c1C. The van der Waals surface area contributed by atoms with Crippen LogP contribution in [0.25, 0.3) is 0 Å². The van der Waals surface area contributed by atoms with Gasteiger partial charge in [0, 0.05) is 12.6 Å². The fraction of sp³-hybridized carbons (Fsp3) is 0.667. The topological polar surface area (TPSA) is 93.2 Å². The number of anilines is 1. The number of hydrogen-bond acceptors (Lipinski definition) is 4. The van der Waals surface area contributed by atoms with Gasteiger partial charge in [-0.2, -0.15) is 5.10 Å². The third kappa shape index (κ3) is 3.46. The van der Waals surface area contributed by atoms with Crippen LogP contribution < -0.4 is 11.1 Å². The second-order valence-electron chi connectivity index (χ2n) is 4.43. The Morgan fingerprint density at radius 1 is 1.56 bits per heavy atom. The maximum atomic E-state index is 11.8. The molecule has 18 heavy (non-hydrogen) atoms. The summed E-state index contributed by atoms with van der Waals surface area (Å²) in [7, 11) is 0. The molecule has 0 aliphatic heterocycles. The lowest BCUT2D eigenvalue weighted by Gasteiger charge is -2.15. The van der Waals surface area contributed by atoms with Crippen LogP contribution in [-0.4, -0.2) is 33.4 Å². The van der Waals surface area contributed by atoms with Crippen molar-refractivity contribution in [3.8, 4) is 0 Å². The van der Waals surface area contributed by atoms with E-state index in [4.69, 9.17) is 10.8 Å². The number of aryl methyl sites for hydroxylation is 1. The molecule has 0 bridgehead atoms. The van der Waals surface area contributed by atoms with E-state index in [1.54, 1.807) is 4.68 Å². The Morgan fingerprint density at radius 3 is 2.67 bits per heavy atom. The number of hydrogen-bond donors (Lipinski definition) is 3. The fourth-order valence-electron chi connectivity index (χ4n) is 1.81. The van der Waals surface area contributed by atoms with Crippen LogP contribution in [0.2, 0.25) is 0 Å². The zero-order valence-electron chi connectivity index (χ0n) is 11.2. The Labute approximate surface area is 107 Å². The van der Waals surface area contributed by atoms with Crippen molar-refractivity contribution in [1.29, 1.82) is 0 Å². The highest BCUT2D eigenvalue weighted by Crippen LogP contribution is 2.14. The number of aromatic nitrogens is 2. The van der Waals surface area contributed by atoms with E-state index in [-0.39, 0.29) is 25.1 Å². The molecule has 1 amide bonds. The Morgan fingerprint density at radius 2 is 2.22 bits per heavy atom. The highest BCUT2D eigenvalue weighted by atomic mass is 16.3. The number of carbonyl (C=O) groups excluding carboxylic acids is 1. The molecule has 1 aromatic heterocycles. The molecule has 6 heteroatoms. The van der Waals surface area contributed by atoms with Crippen molar-refractivity contribution in [1.82, 2.24) is 15.1 Å². The van der Waals surface area contributed by atoms with E-state index < -0.39 is 0 Å². The number of nitrogens with zero attached hydrogens (tertiary/aromatic N) is 2. The quantitative estimate of drug-likeness (QED) is 0.683. The van der Waals surface area contributed by atoms with Gasteiger partial charge < -0.3 is 16.2 Å². The smallest absolute Gasteiger partial charge is 0.241 e. The average Bonchev–Trinajstić information content (AvgIpc) is 2.56. The van der Waals surface area contributed by atoms with E-state index in [1.807, 2.05) is 20.8 Å². The third-order valence-corrected chi connectivity index (χ3v) is 3.07. The molecule has 1 aromatic rings. The number of nitrogens with two attached hydrogens (primary N) is 1. The summed E-state index contributed by atoms with van der Waals surface area (Å²) in [6.07, 6.45) is 1.37. The molecule has 4 N–H and O–H groups in total. The van der Waals surface area contributed by atoms with Crippen LogP contribution in [-0.2, 0) is 11.3 Å². The van der Waals surface area contributed by atoms with Gasteiger partial charge in [-0.25, -0.2) is 0 Å². The van der Waals surface area contributed by atoms with Crippen molar-refractivity contribution < 1.29 is 9.90 Å². The largest absolute Gasteiger partial charge is 0.396 e. The van der Waals surface area contributed by atoms with Crippen molar-refractivity contribution in [2.75, 3.05) is 12.3 Å². The minimum absolute atomic E-state index is 0.0109. The van der Waals surface area contributed by atoms with Crippen LogP contribution in [0.3, 0.4) is 0 Å². The lowest BCUT2D eigenvalue weighted by atomic mass is 10.1. The van der Waals surface area contributed by atoms with Crippen LogP contribution in [0, 0.1) is 13.8 Å². The second kappa shape index (κ2) is 6.39. The van der Waals surface area contributed by atoms with Gasteiger partial charge in [-0.05, 0) is 26.7 Å². The molecule has 0 aliphatic rings. The highest BCUT2D eigenvalue weighted by molar-refractivity contribution is 5.76. The first kappa shape index (κ1) is 14.5. The van der Waals surface area contributed by atoms with E-state index >= 15 is 0 Å². The predicted molar refractivity (Wildman–Crippen MR) is 70.0 cm³/mol. The summed E-state index contributed by atoms with van der Waals surface area (Å²) < 4.78 is 1.60. The van der Waals surface area contributed by atoms with E-state index in [0.717, 1.165) is 17.8 Å². The summed E-state index contributed by atoms with van der Waals surface area (Å²) in [6, 6.07) is 0.0109. The molecule has 0 fully saturated rings. The maximum absolute atomic E-state index is 11.8. The number of aliphatic hydroxyl groups excluding tert-OH is 1. The first-order chi connectivity index (χ1) is 8.49. The summed E-state index contributed by atoms with van der Waals surface area (Å²) in [6.45, 7) is 5.87. The molecule has 0 spiro atoms. The van der Waals surface area contributed by atoms with Crippen LogP contribution >= 0.6 is 0 Å². The van der Waals surface area contributed by atoms with Crippen LogP contribution in [0.4, 0.5) is 5.69 Å². The summed E-state index contributed by atoms with van der Waals surface area (Å²) in [5.41, 5.74) is 7.98. The molecule has 0 saturated heterocycles. The number of carbonyl (C=O) groups is 1. The van der Waals surface area contributed by atoms with Crippen LogP contribution in [0.1, 0.15) is 31.2 Å². The Balaban J connectivity index is 2.61. The first-order valence-corrected chi connectivity index (χ1v) is 6.19. The Bertz CT molecular complexity index is 414. The van der Waals surface area contributed by atoms with Gasteiger partial charge in [0.05, 0.1) is 17.1 Å². The number of nitrogens with one attached hydrogen (secondary N) is 1. The molecular formula is C12H22N4O2. The standard InChI is InChI=1S/C12H22N4O2/c1-4-10(5-6-17)14-11(18)7-16-9(3)12(13)8(2)15-16/h10,17H,4-7,13H2,1-3H3,(H,14,18). The average molecular weight is 254 g/mol. The molecule has 0 radical (unpaired) electrons. The van der Waals surface area contributed by atoms with Crippen molar-refractivity contribution in [3.05, 3.63) is 11.4 Å². The lowest BCUT2D eigenvalue weighted by Crippen LogP contribution is -2.37. The molecular weight excluding hydrogens is 232 g/mol. The molecule has 1 unspecified atom stereocenters. The number of aliphatic hydroxyl groups is 1. The Kier molecular flexibility index (Phi) is 5.15. The summed E-state index contributed by atoms with van der Waals surface area (Å²) in [5, 5.41) is 16.0. The second-order valence-corrected chi connectivity index (χ2v) is 4.43. The van der Waals surface area contributed by atoms with Crippen LogP contribution in [0.5, 0.6) is 0 Å². The van der Waals surface area contributed by atoms with E-state index in [9.17, 15) is 4.79 Å². The van der Waals surface area contributed by atoms with Gasteiger partial charge in [0.25, 0.3) is 0 Å². The monoisotopic (exact) mass is 254 g/mol. The van der Waals surface area contributed by atoms with Crippen molar-refractivity contribution in [2.45, 2.75) is 46.2 Å². The first-order valence-electron chi connectivity index (χ1n) is 6.19. The zero-order chi connectivity index (χ0) is 13.7. The zero-order valence-corrected chi connectivity index (χ0v) is 11.2. The minimum atomic E-state index is -0.110. The molecule has 0 aromatic carbocycles. The third-order valence-electron chi connectivity index (χ3n) is 3.07. The van der Waals surface area contributed by atoms with Gasteiger partial charge in [-0.15, -0.1) is 0 Å². The van der Waals surface area contributed by atoms with E-state index in [0.29, 0.717) is 12.1 Å². The van der Waals surface area contributed by atoms with Crippen molar-refractivity contribution >= 4 is 11.6 Å².